The molecule has 114 valence electrons. The van der Waals surface area contributed by atoms with Gasteiger partial charge in [-0.2, -0.15) is 0 Å². The lowest BCUT2D eigenvalue weighted by atomic mass is 9.93. The number of hydrogen-bond acceptors (Lipinski definition) is 2. The fourth-order valence-corrected chi connectivity index (χ4v) is 3.09. The van der Waals surface area contributed by atoms with Gasteiger partial charge in [0.2, 0.25) is 0 Å². The van der Waals surface area contributed by atoms with Gasteiger partial charge >= 0.3 is 5.97 Å². The van der Waals surface area contributed by atoms with Crippen molar-refractivity contribution in [3.05, 3.63) is 34.1 Å². The molecule has 1 aliphatic heterocycles. The maximum atomic E-state index is 13.5. The molecule has 1 aromatic carbocycles. The van der Waals surface area contributed by atoms with Crippen molar-refractivity contribution >= 4 is 27.8 Å². The van der Waals surface area contributed by atoms with E-state index < -0.39 is 11.8 Å². The second-order valence-electron chi connectivity index (χ2n) is 5.29. The third-order valence-corrected chi connectivity index (χ3v) is 4.56. The normalized spacial score (nSPS) is 18.6. The van der Waals surface area contributed by atoms with Crippen molar-refractivity contribution in [2.45, 2.75) is 25.7 Å². The number of amides is 1. The Morgan fingerprint density at radius 2 is 2.19 bits per heavy atom. The molecule has 1 aliphatic rings. The van der Waals surface area contributed by atoms with E-state index in [0.29, 0.717) is 25.1 Å². The molecule has 1 N–H and O–H groups in total. The summed E-state index contributed by atoms with van der Waals surface area (Å²) in [5.74, 6) is -1.28. The summed E-state index contributed by atoms with van der Waals surface area (Å²) in [7, 11) is 0. The van der Waals surface area contributed by atoms with Crippen LogP contribution in [-0.4, -0.2) is 35.0 Å². The van der Waals surface area contributed by atoms with Gasteiger partial charge in [0.1, 0.15) is 5.82 Å². The van der Waals surface area contributed by atoms with E-state index in [1.807, 2.05) is 0 Å². The van der Waals surface area contributed by atoms with Gasteiger partial charge in [-0.05, 0) is 53.2 Å². The smallest absolute Gasteiger partial charge is 0.303 e. The van der Waals surface area contributed by atoms with Crippen LogP contribution in [0.1, 0.15) is 36.0 Å². The zero-order valence-electron chi connectivity index (χ0n) is 11.5. The number of carbonyl (C=O) groups is 2. The van der Waals surface area contributed by atoms with E-state index in [0.717, 1.165) is 12.8 Å². The highest BCUT2D eigenvalue weighted by Crippen LogP contribution is 2.26. The van der Waals surface area contributed by atoms with Crippen LogP contribution in [0.25, 0.3) is 0 Å². The van der Waals surface area contributed by atoms with Gasteiger partial charge in [-0.3, -0.25) is 9.59 Å². The van der Waals surface area contributed by atoms with Crippen molar-refractivity contribution in [3.63, 3.8) is 0 Å². The van der Waals surface area contributed by atoms with Gasteiger partial charge in [0.25, 0.3) is 5.91 Å². The summed E-state index contributed by atoms with van der Waals surface area (Å²) < 4.78 is 13.7. The van der Waals surface area contributed by atoms with E-state index in [9.17, 15) is 14.0 Å². The van der Waals surface area contributed by atoms with Crippen molar-refractivity contribution in [1.82, 2.24) is 4.90 Å². The monoisotopic (exact) mass is 357 g/mol. The Morgan fingerprint density at radius 1 is 1.43 bits per heavy atom. The average molecular weight is 358 g/mol. The zero-order chi connectivity index (χ0) is 15.4. The molecule has 1 atom stereocenters. The molecular formula is C15H17BrFNO3. The van der Waals surface area contributed by atoms with E-state index in [1.54, 1.807) is 11.0 Å². The van der Waals surface area contributed by atoms with Crippen LogP contribution in [0, 0.1) is 11.7 Å². The number of rotatable bonds is 4. The predicted octanol–water partition coefficient (Wildman–Crippen LogP) is 3.31. The first-order chi connectivity index (χ1) is 9.99. The standard InChI is InChI=1S/C15H17BrFNO3/c16-14-11(4-1-5-12(14)17)15(21)18-8-2-3-10(9-18)6-7-13(19)20/h1,4-5,10H,2-3,6-9H2,(H,19,20). The summed E-state index contributed by atoms with van der Waals surface area (Å²) in [5.41, 5.74) is 0.314. The first-order valence-electron chi connectivity index (χ1n) is 6.94. The fourth-order valence-electron chi connectivity index (χ4n) is 2.65. The van der Waals surface area contributed by atoms with Gasteiger partial charge in [0.15, 0.2) is 0 Å². The molecule has 2 rings (SSSR count). The molecule has 1 aromatic rings. The Labute approximate surface area is 131 Å². The minimum absolute atomic E-state index is 0.121. The van der Waals surface area contributed by atoms with Gasteiger partial charge in [-0.15, -0.1) is 0 Å². The minimum atomic E-state index is -0.814. The number of carbonyl (C=O) groups excluding carboxylic acids is 1. The molecule has 0 saturated carbocycles. The Kier molecular flexibility index (Phi) is 5.33. The van der Waals surface area contributed by atoms with E-state index in [2.05, 4.69) is 15.9 Å². The van der Waals surface area contributed by atoms with Gasteiger partial charge < -0.3 is 10.0 Å². The molecule has 0 spiro atoms. The molecule has 0 bridgehead atoms. The summed E-state index contributed by atoms with van der Waals surface area (Å²) >= 11 is 3.11. The highest BCUT2D eigenvalue weighted by molar-refractivity contribution is 9.10. The topological polar surface area (TPSA) is 57.6 Å². The second kappa shape index (κ2) is 7.02. The maximum absolute atomic E-state index is 13.5. The lowest BCUT2D eigenvalue weighted by molar-refractivity contribution is -0.137. The lowest BCUT2D eigenvalue weighted by Gasteiger charge is -2.33. The molecule has 6 heteroatoms. The van der Waals surface area contributed by atoms with Crippen LogP contribution in [0.2, 0.25) is 0 Å². The molecular weight excluding hydrogens is 341 g/mol. The van der Waals surface area contributed by atoms with Crippen molar-refractivity contribution < 1.29 is 19.1 Å². The van der Waals surface area contributed by atoms with E-state index >= 15 is 0 Å². The van der Waals surface area contributed by atoms with Crippen molar-refractivity contribution in [1.29, 1.82) is 0 Å². The third kappa shape index (κ3) is 4.03. The number of piperidine rings is 1. The summed E-state index contributed by atoms with van der Waals surface area (Å²) in [5, 5.41) is 8.74. The molecule has 1 unspecified atom stereocenters. The Hall–Kier alpha value is -1.43. The second-order valence-corrected chi connectivity index (χ2v) is 6.09. The number of carboxylic acids is 1. The van der Waals surface area contributed by atoms with Crippen LogP contribution in [0.15, 0.2) is 22.7 Å². The summed E-state index contributed by atoms with van der Waals surface area (Å²) in [6.45, 7) is 1.17. The number of aliphatic carboxylic acids is 1. The lowest BCUT2D eigenvalue weighted by Crippen LogP contribution is -2.40. The fraction of sp³-hybridized carbons (Fsp3) is 0.467. The maximum Gasteiger partial charge on any atom is 0.303 e. The SMILES string of the molecule is O=C(O)CCC1CCCN(C(=O)c2cccc(F)c2Br)C1. The largest absolute Gasteiger partial charge is 0.481 e. The molecule has 1 saturated heterocycles. The molecule has 1 amide bonds. The first-order valence-corrected chi connectivity index (χ1v) is 7.73. The van der Waals surface area contributed by atoms with E-state index in [-0.39, 0.29) is 22.7 Å². The van der Waals surface area contributed by atoms with Crippen LogP contribution in [-0.2, 0) is 4.79 Å². The molecule has 4 nitrogen and oxygen atoms in total. The molecule has 0 radical (unpaired) electrons. The average Bonchev–Trinajstić information content (AvgIpc) is 2.47. The summed E-state index contributed by atoms with van der Waals surface area (Å²) in [6.07, 6.45) is 2.48. The predicted molar refractivity (Wildman–Crippen MR) is 79.6 cm³/mol. The number of carboxylic acid groups (broad SMARTS) is 1. The first kappa shape index (κ1) is 15.9. The van der Waals surface area contributed by atoms with Gasteiger partial charge in [0, 0.05) is 19.5 Å². The minimum Gasteiger partial charge on any atom is -0.481 e. The van der Waals surface area contributed by atoms with Crippen LogP contribution in [0.5, 0.6) is 0 Å². The van der Waals surface area contributed by atoms with Gasteiger partial charge in [-0.25, -0.2) is 4.39 Å². The van der Waals surface area contributed by atoms with Crippen molar-refractivity contribution in [3.8, 4) is 0 Å². The number of nitrogens with zero attached hydrogens (tertiary/aromatic N) is 1. The van der Waals surface area contributed by atoms with Crippen LogP contribution < -0.4 is 0 Å². The summed E-state index contributed by atoms with van der Waals surface area (Å²) in [4.78, 5) is 24.8. The van der Waals surface area contributed by atoms with Crippen molar-refractivity contribution in [2.24, 2.45) is 5.92 Å². The van der Waals surface area contributed by atoms with Gasteiger partial charge in [0.05, 0.1) is 10.0 Å². The number of hydrogen-bond donors (Lipinski definition) is 1. The zero-order valence-corrected chi connectivity index (χ0v) is 13.1. The highest BCUT2D eigenvalue weighted by Gasteiger charge is 2.26. The number of halogens is 2. The Morgan fingerprint density at radius 3 is 2.90 bits per heavy atom. The molecule has 1 heterocycles. The van der Waals surface area contributed by atoms with Crippen LogP contribution >= 0.6 is 15.9 Å². The Balaban J connectivity index is 2.05. The molecule has 0 aromatic heterocycles. The number of likely N-dealkylation sites (tertiary alicyclic amines) is 1. The molecule has 21 heavy (non-hydrogen) atoms. The summed E-state index contributed by atoms with van der Waals surface area (Å²) in [6, 6.07) is 4.41. The van der Waals surface area contributed by atoms with E-state index in [4.69, 9.17) is 5.11 Å². The van der Waals surface area contributed by atoms with E-state index in [1.165, 1.54) is 12.1 Å². The van der Waals surface area contributed by atoms with Gasteiger partial charge in [-0.1, -0.05) is 6.07 Å². The van der Waals surface area contributed by atoms with Crippen LogP contribution in [0.3, 0.4) is 0 Å². The molecule has 0 aliphatic carbocycles. The Bertz CT molecular complexity index is 550. The van der Waals surface area contributed by atoms with Crippen molar-refractivity contribution in [2.75, 3.05) is 13.1 Å². The molecule has 1 fully saturated rings. The number of benzene rings is 1. The highest BCUT2D eigenvalue weighted by atomic mass is 79.9. The third-order valence-electron chi connectivity index (χ3n) is 3.75. The van der Waals surface area contributed by atoms with Crippen LogP contribution in [0.4, 0.5) is 4.39 Å². The quantitative estimate of drug-likeness (QED) is 0.899.